The number of hydrogen-bond acceptors (Lipinski definition) is 3. The minimum atomic E-state index is -0.406. The second kappa shape index (κ2) is 9.73. The summed E-state index contributed by atoms with van der Waals surface area (Å²) in [7, 11) is 0. The molecule has 0 unspecified atom stereocenters. The molecule has 3 rings (SSSR count). The van der Waals surface area contributed by atoms with Gasteiger partial charge in [-0.25, -0.2) is 0 Å². The number of nitrogens with one attached hydrogen (secondary N) is 2. The first-order chi connectivity index (χ1) is 14.0. The summed E-state index contributed by atoms with van der Waals surface area (Å²) in [6.07, 6.45) is 1.08. The van der Waals surface area contributed by atoms with Crippen LogP contribution >= 0.6 is 0 Å². The summed E-state index contributed by atoms with van der Waals surface area (Å²) < 4.78 is 5.75. The summed E-state index contributed by atoms with van der Waals surface area (Å²) in [6, 6.07) is 20.8. The average molecular weight is 390 g/mol. The van der Waals surface area contributed by atoms with Gasteiger partial charge in [0.05, 0.1) is 18.6 Å². The maximum absolute atomic E-state index is 12.5. The first kappa shape index (κ1) is 20.4. The SMILES string of the molecule is CC(C)CCOc1ccccc1C(=O)NNC(=O)Cc1cccc2ccccc12. The molecule has 5 nitrogen and oxygen atoms in total. The van der Waals surface area contributed by atoms with Gasteiger partial charge in [0.15, 0.2) is 0 Å². The van der Waals surface area contributed by atoms with Crippen LogP contribution in [-0.4, -0.2) is 18.4 Å². The predicted octanol–water partition coefficient (Wildman–Crippen LogP) is 4.27. The first-order valence-corrected chi connectivity index (χ1v) is 9.82. The Morgan fingerprint density at radius 2 is 1.62 bits per heavy atom. The average Bonchev–Trinajstić information content (AvgIpc) is 2.72. The number of hydrogen-bond donors (Lipinski definition) is 2. The van der Waals surface area contributed by atoms with E-state index in [2.05, 4.69) is 24.7 Å². The van der Waals surface area contributed by atoms with Gasteiger partial charge in [-0.05, 0) is 40.8 Å². The number of rotatable bonds is 7. The van der Waals surface area contributed by atoms with E-state index in [4.69, 9.17) is 4.74 Å². The maximum atomic E-state index is 12.5. The van der Waals surface area contributed by atoms with Gasteiger partial charge in [0, 0.05) is 0 Å². The molecule has 3 aromatic rings. The molecular weight excluding hydrogens is 364 g/mol. The number of ether oxygens (including phenoxy) is 1. The molecule has 0 atom stereocenters. The van der Waals surface area contributed by atoms with Gasteiger partial charge in [0.25, 0.3) is 5.91 Å². The van der Waals surface area contributed by atoms with Crippen molar-refractivity contribution in [1.29, 1.82) is 0 Å². The van der Waals surface area contributed by atoms with Crippen LogP contribution in [0.3, 0.4) is 0 Å². The van der Waals surface area contributed by atoms with Gasteiger partial charge in [-0.2, -0.15) is 0 Å². The van der Waals surface area contributed by atoms with Gasteiger partial charge in [-0.15, -0.1) is 0 Å². The Kier molecular flexibility index (Phi) is 6.85. The second-order valence-electron chi connectivity index (χ2n) is 7.34. The summed E-state index contributed by atoms with van der Waals surface area (Å²) in [5.74, 6) is 0.336. The van der Waals surface area contributed by atoms with E-state index in [-0.39, 0.29) is 12.3 Å². The zero-order chi connectivity index (χ0) is 20.6. The Morgan fingerprint density at radius 3 is 2.45 bits per heavy atom. The Labute approximate surface area is 171 Å². The van der Waals surface area contributed by atoms with Gasteiger partial charge in [0.2, 0.25) is 5.91 Å². The molecule has 29 heavy (non-hydrogen) atoms. The van der Waals surface area contributed by atoms with E-state index < -0.39 is 5.91 Å². The molecule has 0 aliphatic heterocycles. The van der Waals surface area contributed by atoms with Crippen molar-refractivity contribution in [3.63, 3.8) is 0 Å². The smallest absolute Gasteiger partial charge is 0.273 e. The number of hydrazine groups is 1. The van der Waals surface area contributed by atoms with Gasteiger partial charge in [-0.1, -0.05) is 68.4 Å². The molecule has 0 spiro atoms. The second-order valence-corrected chi connectivity index (χ2v) is 7.34. The summed E-state index contributed by atoms with van der Waals surface area (Å²) in [4.78, 5) is 24.9. The molecular formula is C24H26N2O3. The van der Waals surface area contributed by atoms with Crippen molar-refractivity contribution in [1.82, 2.24) is 10.9 Å². The lowest BCUT2D eigenvalue weighted by molar-refractivity contribution is -0.121. The largest absolute Gasteiger partial charge is 0.493 e. The van der Waals surface area contributed by atoms with Gasteiger partial charge < -0.3 is 4.74 Å². The number of amides is 2. The standard InChI is InChI=1S/C24H26N2O3/c1-17(2)14-15-29-22-13-6-5-12-21(22)24(28)26-25-23(27)16-19-10-7-9-18-8-3-4-11-20(18)19/h3-13,17H,14-16H2,1-2H3,(H,25,27)(H,26,28). The third-order valence-corrected chi connectivity index (χ3v) is 4.63. The third kappa shape index (κ3) is 5.57. The van der Waals surface area contributed by atoms with Crippen molar-refractivity contribution in [2.45, 2.75) is 26.7 Å². The highest BCUT2D eigenvalue weighted by molar-refractivity contribution is 5.98. The van der Waals surface area contributed by atoms with Crippen molar-refractivity contribution in [2.75, 3.05) is 6.61 Å². The number of carbonyl (C=O) groups is 2. The lowest BCUT2D eigenvalue weighted by Gasteiger charge is -2.13. The summed E-state index contributed by atoms with van der Waals surface area (Å²) in [5, 5.41) is 2.11. The Morgan fingerprint density at radius 1 is 0.897 bits per heavy atom. The Hall–Kier alpha value is -3.34. The van der Waals surface area contributed by atoms with E-state index in [0.29, 0.717) is 23.8 Å². The number of carbonyl (C=O) groups excluding carboxylic acids is 2. The molecule has 2 amide bonds. The van der Waals surface area contributed by atoms with E-state index in [1.165, 1.54) is 0 Å². The minimum Gasteiger partial charge on any atom is -0.493 e. The molecule has 150 valence electrons. The van der Waals surface area contributed by atoms with Crippen LogP contribution in [0, 0.1) is 5.92 Å². The fourth-order valence-corrected chi connectivity index (χ4v) is 3.04. The van der Waals surface area contributed by atoms with Crippen LogP contribution in [0.5, 0.6) is 5.75 Å². The first-order valence-electron chi connectivity index (χ1n) is 9.82. The fraction of sp³-hybridized carbons (Fsp3) is 0.250. The number of benzene rings is 3. The summed E-state index contributed by atoms with van der Waals surface area (Å²) in [6.45, 7) is 4.77. The molecule has 0 heterocycles. The van der Waals surface area contributed by atoms with E-state index in [0.717, 1.165) is 22.8 Å². The highest BCUT2D eigenvalue weighted by Crippen LogP contribution is 2.20. The molecule has 0 aliphatic carbocycles. The molecule has 5 heteroatoms. The summed E-state index contributed by atoms with van der Waals surface area (Å²) >= 11 is 0. The van der Waals surface area contributed by atoms with E-state index in [1.807, 2.05) is 48.5 Å². The maximum Gasteiger partial charge on any atom is 0.273 e. The van der Waals surface area contributed by atoms with Gasteiger partial charge >= 0.3 is 0 Å². The Bertz CT molecular complexity index is 993. The quantitative estimate of drug-likeness (QED) is 0.592. The van der Waals surface area contributed by atoms with Crippen molar-refractivity contribution < 1.29 is 14.3 Å². The lowest BCUT2D eigenvalue weighted by atomic mass is 10.0. The molecule has 0 bridgehead atoms. The molecule has 0 fully saturated rings. The Balaban J connectivity index is 1.60. The van der Waals surface area contributed by atoms with Crippen LogP contribution in [0.15, 0.2) is 66.7 Å². The van der Waals surface area contributed by atoms with Crippen LogP contribution in [0.25, 0.3) is 10.8 Å². The van der Waals surface area contributed by atoms with Crippen LogP contribution < -0.4 is 15.6 Å². The molecule has 2 N–H and O–H groups in total. The molecule has 0 aliphatic rings. The van der Waals surface area contributed by atoms with Crippen LogP contribution in [0.1, 0.15) is 36.2 Å². The topological polar surface area (TPSA) is 67.4 Å². The van der Waals surface area contributed by atoms with E-state index in [1.54, 1.807) is 18.2 Å². The number of para-hydroxylation sites is 1. The van der Waals surface area contributed by atoms with Crippen molar-refractivity contribution >= 4 is 22.6 Å². The van der Waals surface area contributed by atoms with Crippen LogP contribution in [0.2, 0.25) is 0 Å². The number of fused-ring (bicyclic) bond motifs is 1. The van der Waals surface area contributed by atoms with E-state index >= 15 is 0 Å². The zero-order valence-corrected chi connectivity index (χ0v) is 16.8. The van der Waals surface area contributed by atoms with Crippen molar-refractivity contribution in [3.8, 4) is 5.75 Å². The highest BCUT2D eigenvalue weighted by Gasteiger charge is 2.14. The monoisotopic (exact) mass is 390 g/mol. The molecule has 0 saturated carbocycles. The minimum absolute atomic E-state index is 0.175. The lowest BCUT2D eigenvalue weighted by Crippen LogP contribution is -2.42. The third-order valence-electron chi connectivity index (χ3n) is 4.63. The van der Waals surface area contributed by atoms with Crippen molar-refractivity contribution in [3.05, 3.63) is 77.9 Å². The zero-order valence-electron chi connectivity index (χ0n) is 16.8. The predicted molar refractivity (Wildman–Crippen MR) is 115 cm³/mol. The van der Waals surface area contributed by atoms with Crippen molar-refractivity contribution in [2.24, 2.45) is 5.92 Å². The molecule has 0 saturated heterocycles. The molecule has 0 radical (unpaired) electrons. The van der Waals surface area contributed by atoms with Gasteiger partial charge in [0.1, 0.15) is 5.75 Å². The van der Waals surface area contributed by atoms with E-state index in [9.17, 15) is 9.59 Å². The molecule has 0 aromatic heterocycles. The molecule has 3 aromatic carbocycles. The normalized spacial score (nSPS) is 10.7. The van der Waals surface area contributed by atoms with Crippen LogP contribution in [0.4, 0.5) is 0 Å². The summed E-state index contributed by atoms with van der Waals surface area (Å²) in [5.41, 5.74) is 6.29. The highest BCUT2D eigenvalue weighted by atomic mass is 16.5. The van der Waals surface area contributed by atoms with Gasteiger partial charge in [-0.3, -0.25) is 20.4 Å². The van der Waals surface area contributed by atoms with Crippen LogP contribution in [-0.2, 0) is 11.2 Å². The fourth-order valence-electron chi connectivity index (χ4n) is 3.04.